The first-order valence-corrected chi connectivity index (χ1v) is 9.27. The van der Waals surface area contributed by atoms with Crippen LogP contribution in [0.2, 0.25) is 0 Å². The molecule has 140 valence electrons. The molecule has 0 aromatic carbocycles. The lowest BCUT2D eigenvalue weighted by Crippen LogP contribution is -2.36. The minimum atomic E-state index is -0.0709. The first-order chi connectivity index (χ1) is 12.4. The molecule has 0 unspecified atom stereocenters. The highest BCUT2D eigenvalue weighted by atomic mass is 16.4. The average Bonchev–Trinajstić information content (AvgIpc) is 3.01. The Bertz CT molecular complexity index is 752. The maximum Gasteiger partial charge on any atom is 0.257 e. The SMILES string of the molecule is CC(C)CCc1nc2c(o1)CCN(C(=O)c1cnc(NC(C)C)nc1)C2. The van der Waals surface area contributed by atoms with Crippen LogP contribution in [-0.4, -0.2) is 38.3 Å². The molecule has 0 fully saturated rings. The molecule has 3 rings (SSSR count). The number of fused-ring (bicyclic) bond motifs is 1. The topological polar surface area (TPSA) is 84.2 Å². The van der Waals surface area contributed by atoms with Crippen molar-refractivity contribution >= 4 is 11.9 Å². The van der Waals surface area contributed by atoms with Gasteiger partial charge in [0.1, 0.15) is 11.5 Å². The minimum Gasteiger partial charge on any atom is -0.445 e. The first-order valence-electron chi connectivity index (χ1n) is 9.27. The maximum atomic E-state index is 12.7. The lowest BCUT2D eigenvalue weighted by Gasteiger charge is -2.25. The molecule has 0 aliphatic carbocycles. The van der Waals surface area contributed by atoms with Gasteiger partial charge >= 0.3 is 0 Å². The third-order valence-electron chi connectivity index (χ3n) is 4.31. The number of anilines is 1. The second-order valence-electron chi connectivity index (χ2n) is 7.48. The molecule has 3 heterocycles. The van der Waals surface area contributed by atoms with Crippen molar-refractivity contribution in [2.45, 2.75) is 59.5 Å². The number of aryl methyl sites for hydroxylation is 1. The van der Waals surface area contributed by atoms with E-state index in [-0.39, 0.29) is 11.9 Å². The second-order valence-corrected chi connectivity index (χ2v) is 7.48. The van der Waals surface area contributed by atoms with E-state index < -0.39 is 0 Å². The van der Waals surface area contributed by atoms with Gasteiger partial charge in [0.25, 0.3) is 5.91 Å². The highest BCUT2D eigenvalue weighted by Crippen LogP contribution is 2.22. The molecule has 26 heavy (non-hydrogen) atoms. The zero-order valence-corrected chi connectivity index (χ0v) is 16.0. The quantitative estimate of drug-likeness (QED) is 0.855. The number of nitrogens with zero attached hydrogens (tertiary/aromatic N) is 4. The third-order valence-corrected chi connectivity index (χ3v) is 4.31. The highest BCUT2D eigenvalue weighted by molar-refractivity contribution is 5.93. The van der Waals surface area contributed by atoms with E-state index in [1.807, 2.05) is 13.8 Å². The molecule has 0 spiro atoms. The van der Waals surface area contributed by atoms with E-state index >= 15 is 0 Å². The zero-order chi connectivity index (χ0) is 18.7. The number of hydrogen-bond donors (Lipinski definition) is 1. The molecule has 7 heteroatoms. The zero-order valence-electron chi connectivity index (χ0n) is 16.0. The molecule has 1 aliphatic heterocycles. The number of nitrogens with one attached hydrogen (secondary N) is 1. The van der Waals surface area contributed by atoms with Crippen molar-refractivity contribution in [3.05, 3.63) is 35.3 Å². The van der Waals surface area contributed by atoms with Crippen molar-refractivity contribution in [2.75, 3.05) is 11.9 Å². The number of carbonyl (C=O) groups is 1. The highest BCUT2D eigenvalue weighted by Gasteiger charge is 2.26. The van der Waals surface area contributed by atoms with Gasteiger partial charge < -0.3 is 14.6 Å². The first kappa shape index (κ1) is 18.4. The van der Waals surface area contributed by atoms with Crippen molar-refractivity contribution in [1.29, 1.82) is 0 Å². The maximum absolute atomic E-state index is 12.7. The Balaban J connectivity index is 1.65. The molecule has 7 nitrogen and oxygen atoms in total. The molecule has 2 aromatic rings. The van der Waals surface area contributed by atoms with E-state index in [4.69, 9.17) is 4.42 Å². The summed E-state index contributed by atoms with van der Waals surface area (Å²) in [6.07, 6.45) is 5.75. The van der Waals surface area contributed by atoms with Gasteiger partial charge in [-0.05, 0) is 26.2 Å². The van der Waals surface area contributed by atoms with Crippen molar-refractivity contribution < 1.29 is 9.21 Å². The summed E-state index contributed by atoms with van der Waals surface area (Å²) < 4.78 is 5.86. The fourth-order valence-corrected chi connectivity index (χ4v) is 2.90. The molecule has 1 aliphatic rings. The van der Waals surface area contributed by atoms with Gasteiger partial charge in [-0.3, -0.25) is 4.79 Å². The van der Waals surface area contributed by atoms with Gasteiger partial charge in [-0.1, -0.05) is 13.8 Å². The number of aromatic nitrogens is 3. The van der Waals surface area contributed by atoms with E-state index in [1.54, 1.807) is 17.3 Å². The van der Waals surface area contributed by atoms with Crippen LogP contribution in [0.5, 0.6) is 0 Å². The van der Waals surface area contributed by atoms with Crippen LogP contribution in [-0.2, 0) is 19.4 Å². The van der Waals surface area contributed by atoms with Gasteiger partial charge in [0.05, 0.1) is 12.1 Å². The normalized spacial score (nSPS) is 14.0. The Morgan fingerprint density at radius 1 is 1.27 bits per heavy atom. The number of rotatable bonds is 6. The molecule has 1 amide bonds. The van der Waals surface area contributed by atoms with Crippen molar-refractivity contribution in [3.8, 4) is 0 Å². The molecule has 0 radical (unpaired) electrons. The molecule has 0 atom stereocenters. The van der Waals surface area contributed by atoms with Crippen molar-refractivity contribution in [3.63, 3.8) is 0 Å². The fraction of sp³-hybridized carbons (Fsp3) is 0.579. The molecule has 2 aromatic heterocycles. The summed E-state index contributed by atoms with van der Waals surface area (Å²) >= 11 is 0. The lowest BCUT2D eigenvalue weighted by molar-refractivity contribution is 0.0727. The molecule has 0 bridgehead atoms. The van der Waals surface area contributed by atoms with Gasteiger partial charge in [0.2, 0.25) is 5.95 Å². The summed E-state index contributed by atoms with van der Waals surface area (Å²) in [5, 5.41) is 3.12. The summed E-state index contributed by atoms with van der Waals surface area (Å²) in [4.78, 5) is 27.5. The van der Waals surface area contributed by atoms with Crippen LogP contribution in [0.4, 0.5) is 5.95 Å². The fourth-order valence-electron chi connectivity index (χ4n) is 2.90. The van der Waals surface area contributed by atoms with E-state index in [0.29, 0.717) is 36.9 Å². The van der Waals surface area contributed by atoms with Crippen LogP contribution in [0.15, 0.2) is 16.8 Å². The molecule has 0 saturated heterocycles. The van der Waals surface area contributed by atoms with Crippen LogP contribution in [0, 0.1) is 5.92 Å². The molecular weight excluding hydrogens is 330 g/mol. The van der Waals surface area contributed by atoms with E-state index in [9.17, 15) is 4.79 Å². The Labute approximate surface area is 154 Å². The molecule has 0 saturated carbocycles. The summed E-state index contributed by atoms with van der Waals surface area (Å²) in [7, 11) is 0. The Morgan fingerprint density at radius 3 is 2.65 bits per heavy atom. The third kappa shape index (κ3) is 4.39. The van der Waals surface area contributed by atoms with Gasteiger partial charge in [-0.2, -0.15) is 0 Å². The minimum absolute atomic E-state index is 0.0709. The number of amides is 1. The van der Waals surface area contributed by atoms with E-state index in [2.05, 4.69) is 34.1 Å². The monoisotopic (exact) mass is 357 g/mol. The predicted octanol–water partition coefficient (Wildman–Crippen LogP) is 3.07. The lowest BCUT2D eigenvalue weighted by atomic mass is 10.1. The van der Waals surface area contributed by atoms with E-state index in [1.165, 1.54) is 0 Å². The Kier molecular flexibility index (Phi) is 5.54. The standard InChI is InChI=1S/C19H27N5O2/c1-12(2)5-6-17-23-15-11-24(8-7-16(15)26-17)18(25)14-9-20-19(21-10-14)22-13(3)4/h9-10,12-13H,5-8,11H2,1-4H3,(H,20,21,22). The Hall–Kier alpha value is -2.44. The largest absolute Gasteiger partial charge is 0.445 e. The van der Waals surface area contributed by atoms with Crippen molar-refractivity contribution in [1.82, 2.24) is 19.9 Å². The summed E-state index contributed by atoms with van der Waals surface area (Å²) in [6.45, 7) is 9.50. The molecular formula is C19H27N5O2. The number of hydrogen-bond acceptors (Lipinski definition) is 6. The van der Waals surface area contributed by atoms with E-state index in [0.717, 1.165) is 30.2 Å². The van der Waals surface area contributed by atoms with Gasteiger partial charge in [0.15, 0.2) is 5.89 Å². The predicted molar refractivity (Wildman–Crippen MR) is 98.9 cm³/mol. The number of carbonyl (C=O) groups excluding carboxylic acids is 1. The second kappa shape index (κ2) is 7.85. The van der Waals surface area contributed by atoms with Crippen molar-refractivity contribution in [2.24, 2.45) is 5.92 Å². The van der Waals surface area contributed by atoms with Crippen LogP contribution >= 0.6 is 0 Å². The summed E-state index contributed by atoms with van der Waals surface area (Å²) in [5.74, 6) is 2.78. The number of oxazole rings is 1. The smallest absolute Gasteiger partial charge is 0.257 e. The Morgan fingerprint density at radius 2 is 2.00 bits per heavy atom. The van der Waals surface area contributed by atoms with Gasteiger partial charge in [-0.25, -0.2) is 15.0 Å². The molecule has 1 N–H and O–H groups in total. The average molecular weight is 357 g/mol. The summed E-state index contributed by atoms with van der Waals surface area (Å²) in [5.41, 5.74) is 1.37. The van der Waals surface area contributed by atoms with Crippen LogP contribution in [0.1, 0.15) is 61.8 Å². The summed E-state index contributed by atoms with van der Waals surface area (Å²) in [6, 6.07) is 0.245. The van der Waals surface area contributed by atoms with Gasteiger partial charge in [0, 0.05) is 37.8 Å². The van der Waals surface area contributed by atoms with Gasteiger partial charge in [-0.15, -0.1) is 0 Å². The van der Waals surface area contributed by atoms with Crippen LogP contribution < -0.4 is 5.32 Å². The van der Waals surface area contributed by atoms with Crippen LogP contribution in [0.3, 0.4) is 0 Å². The van der Waals surface area contributed by atoms with Crippen LogP contribution in [0.25, 0.3) is 0 Å².